The molecule has 3 nitrogen and oxygen atoms in total. The molecule has 0 aliphatic carbocycles. The molecule has 4 heteroatoms. The molecule has 118 valence electrons. The molecule has 1 fully saturated rings. The van der Waals surface area contributed by atoms with Gasteiger partial charge in [0.05, 0.1) is 6.10 Å². The van der Waals surface area contributed by atoms with Crippen molar-refractivity contribution < 1.29 is 4.74 Å². The zero-order valence-electron chi connectivity index (χ0n) is 12.9. The Bertz CT molecular complexity index is 419. The highest BCUT2D eigenvalue weighted by atomic mass is 79.9. The van der Waals surface area contributed by atoms with Crippen molar-refractivity contribution in [2.45, 2.75) is 44.8 Å². The van der Waals surface area contributed by atoms with Gasteiger partial charge in [-0.05, 0) is 49.9 Å². The minimum atomic E-state index is 0.424. The van der Waals surface area contributed by atoms with Crippen LogP contribution in [0, 0.1) is 0 Å². The number of halogens is 1. The van der Waals surface area contributed by atoms with Crippen molar-refractivity contribution in [3.05, 3.63) is 34.3 Å². The molecule has 2 N–H and O–H groups in total. The Morgan fingerprint density at radius 3 is 2.76 bits per heavy atom. The quantitative estimate of drug-likeness (QED) is 0.758. The number of ether oxygens (including phenoxy) is 1. The molecule has 1 heterocycles. The number of piperidine rings is 1. The van der Waals surface area contributed by atoms with Gasteiger partial charge in [-0.2, -0.15) is 0 Å². The van der Waals surface area contributed by atoms with Gasteiger partial charge in [-0.3, -0.25) is 4.90 Å². The summed E-state index contributed by atoms with van der Waals surface area (Å²) in [4.78, 5) is 2.60. The maximum absolute atomic E-state index is 5.90. The largest absolute Gasteiger partial charge is 0.378 e. The van der Waals surface area contributed by atoms with Crippen molar-refractivity contribution in [2.24, 2.45) is 5.73 Å². The van der Waals surface area contributed by atoms with E-state index in [4.69, 9.17) is 10.5 Å². The Hall–Kier alpha value is -0.420. The Labute approximate surface area is 137 Å². The molecule has 1 saturated heterocycles. The molecule has 1 aliphatic rings. The normalized spacial score (nSPS) is 18.8. The maximum Gasteiger partial charge on any atom is 0.0599 e. The Balaban J connectivity index is 1.87. The van der Waals surface area contributed by atoms with E-state index in [0.717, 1.165) is 51.9 Å². The lowest BCUT2D eigenvalue weighted by molar-refractivity contribution is -0.00296. The molecule has 0 radical (unpaired) electrons. The van der Waals surface area contributed by atoms with Gasteiger partial charge >= 0.3 is 0 Å². The van der Waals surface area contributed by atoms with Crippen LogP contribution < -0.4 is 5.73 Å². The van der Waals surface area contributed by atoms with Crippen molar-refractivity contribution in [2.75, 3.05) is 26.2 Å². The third kappa shape index (κ3) is 5.06. The number of nitrogens with two attached hydrogens (primary N) is 1. The van der Waals surface area contributed by atoms with Gasteiger partial charge in [0.2, 0.25) is 0 Å². The minimum Gasteiger partial charge on any atom is -0.378 e. The van der Waals surface area contributed by atoms with Crippen LogP contribution in [0.15, 0.2) is 28.7 Å². The molecule has 0 amide bonds. The van der Waals surface area contributed by atoms with Crippen molar-refractivity contribution in [1.29, 1.82) is 0 Å². The second-order valence-corrected chi connectivity index (χ2v) is 6.64. The van der Waals surface area contributed by atoms with Crippen LogP contribution in [-0.2, 0) is 4.74 Å². The molecule has 0 saturated carbocycles. The summed E-state index contributed by atoms with van der Waals surface area (Å²) >= 11 is 3.58. The minimum absolute atomic E-state index is 0.424. The fourth-order valence-electron chi connectivity index (χ4n) is 3.11. The van der Waals surface area contributed by atoms with E-state index in [1.807, 2.05) is 0 Å². The molecule has 1 unspecified atom stereocenters. The van der Waals surface area contributed by atoms with E-state index >= 15 is 0 Å². The highest BCUT2D eigenvalue weighted by molar-refractivity contribution is 9.10. The lowest BCUT2D eigenvalue weighted by atomic mass is 9.98. The van der Waals surface area contributed by atoms with E-state index < -0.39 is 0 Å². The van der Waals surface area contributed by atoms with E-state index in [9.17, 15) is 0 Å². The molecular weight excluding hydrogens is 328 g/mol. The predicted octanol–water partition coefficient (Wildman–Crippen LogP) is 3.73. The first kappa shape index (κ1) is 16.9. The summed E-state index contributed by atoms with van der Waals surface area (Å²) in [6, 6.07) is 9.23. The first-order chi connectivity index (χ1) is 10.2. The number of rotatable bonds is 7. The van der Waals surface area contributed by atoms with Crippen LogP contribution in [0.3, 0.4) is 0 Å². The molecule has 1 aliphatic heterocycles. The summed E-state index contributed by atoms with van der Waals surface area (Å²) in [6.45, 7) is 6.05. The second kappa shape index (κ2) is 8.89. The topological polar surface area (TPSA) is 38.5 Å². The summed E-state index contributed by atoms with van der Waals surface area (Å²) in [6.07, 6.45) is 4.81. The fraction of sp³-hybridized carbons (Fsp3) is 0.647. The Kier molecular flexibility index (Phi) is 7.17. The molecule has 1 atom stereocenters. The van der Waals surface area contributed by atoms with Crippen molar-refractivity contribution >= 4 is 15.9 Å². The highest BCUT2D eigenvalue weighted by Gasteiger charge is 2.25. The number of hydrogen-bond acceptors (Lipinski definition) is 3. The first-order valence-electron chi connectivity index (χ1n) is 8.05. The average Bonchev–Trinajstić information content (AvgIpc) is 2.50. The van der Waals surface area contributed by atoms with Crippen molar-refractivity contribution in [3.63, 3.8) is 0 Å². The van der Waals surface area contributed by atoms with Gasteiger partial charge in [-0.1, -0.05) is 35.0 Å². The Morgan fingerprint density at radius 1 is 1.38 bits per heavy atom. The van der Waals surface area contributed by atoms with Gasteiger partial charge in [-0.15, -0.1) is 0 Å². The molecule has 1 aromatic rings. The number of likely N-dealkylation sites (tertiary alicyclic amines) is 1. The summed E-state index contributed by atoms with van der Waals surface area (Å²) in [5, 5.41) is 0. The number of nitrogens with zero attached hydrogens (tertiary/aromatic N) is 1. The van der Waals surface area contributed by atoms with Gasteiger partial charge in [0.1, 0.15) is 0 Å². The summed E-state index contributed by atoms with van der Waals surface area (Å²) in [7, 11) is 0. The number of benzene rings is 1. The number of hydrogen-bond donors (Lipinski definition) is 1. The molecule has 0 aromatic heterocycles. The molecular formula is C17H27BrN2O. The standard InChI is InChI=1S/C17H27BrN2O/c1-2-17(14-5-3-6-15(18)13-14)20-10-7-16(8-11-20)21-12-4-9-19/h3,5-6,13,16-17H,2,4,7-12,19H2,1H3. The van der Waals surface area contributed by atoms with Crippen molar-refractivity contribution in [1.82, 2.24) is 4.90 Å². The monoisotopic (exact) mass is 354 g/mol. The van der Waals surface area contributed by atoms with E-state index in [0.29, 0.717) is 12.1 Å². The fourth-order valence-corrected chi connectivity index (χ4v) is 3.52. The van der Waals surface area contributed by atoms with Gasteiger partial charge in [0.25, 0.3) is 0 Å². The zero-order chi connectivity index (χ0) is 15.1. The van der Waals surface area contributed by atoms with Crippen LogP contribution in [0.1, 0.15) is 44.2 Å². The SMILES string of the molecule is CCC(c1cccc(Br)c1)N1CCC(OCCCN)CC1. The predicted molar refractivity (Wildman–Crippen MR) is 91.4 cm³/mol. The van der Waals surface area contributed by atoms with Crippen LogP contribution in [0.5, 0.6) is 0 Å². The lowest BCUT2D eigenvalue weighted by Crippen LogP contribution is -2.39. The Morgan fingerprint density at radius 2 is 2.14 bits per heavy atom. The lowest BCUT2D eigenvalue weighted by Gasteiger charge is -2.37. The summed E-state index contributed by atoms with van der Waals surface area (Å²) in [5.74, 6) is 0. The molecule has 21 heavy (non-hydrogen) atoms. The third-order valence-corrected chi connectivity index (χ3v) is 4.73. The van der Waals surface area contributed by atoms with Crippen LogP contribution >= 0.6 is 15.9 Å². The van der Waals surface area contributed by atoms with Crippen LogP contribution in [0.25, 0.3) is 0 Å². The van der Waals surface area contributed by atoms with Gasteiger partial charge in [0.15, 0.2) is 0 Å². The molecule has 0 spiro atoms. The summed E-state index contributed by atoms with van der Waals surface area (Å²) in [5.41, 5.74) is 6.92. The van der Waals surface area contributed by atoms with Gasteiger partial charge in [-0.25, -0.2) is 0 Å². The smallest absolute Gasteiger partial charge is 0.0599 e. The van der Waals surface area contributed by atoms with Gasteiger partial charge < -0.3 is 10.5 Å². The van der Waals surface area contributed by atoms with E-state index in [-0.39, 0.29) is 0 Å². The maximum atomic E-state index is 5.90. The van der Waals surface area contributed by atoms with Crippen LogP contribution in [0.4, 0.5) is 0 Å². The van der Waals surface area contributed by atoms with Crippen LogP contribution in [-0.4, -0.2) is 37.2 Å². The summed E-state index contributed by atoms with van der Waals surface area (Å²) < 4.78 is 7.06. The van der Waals surface area contributed by atoms with Crippen molar-refractivity contribution in [3.8, 4) is 0 Å². The first-order valence-corrected chi connectivity index (χ1v) is 8.85. The average molecular weight is 355 g/mol. The van der Waals surface area contributed by atoms with E-state index in [2.05, 4.69) is 52.0 Å². The highest BCUT2D eigenvalue weighted by Crippen LogP contribution is 2.29. The van der Waals surface area contributed by atoms with E-state index in [1.54, 1.807) is 0 Å². The molecule has 1 aromatic carbocycles. The zero-order valence-corrected chi connectivity index (χ0v) is 14.5. The molecule has 2 rings (SSSR count). The van der Waals surface area contributed by atoms with Crippen LogP contribution in [0.2, 0.25) is 0 Å². The second-order valence-electron chi connectivity index (χ2n) is 5.73. The van der Waals surface area contributed by atoms with E-state index in [1.165, 1.54) is 10.0 Å². The molecule has 0 bridgehead atoms. The van der Waals surface area contributed by atoms with Gasteiger partial charge in [0, 0.05) is 30.2 Å². The third-order valence-electron chi connectivity index (χ3n) is 4.24.